The van der Waals surface area contributed by atoms with Gasteiger partial charge in [0.2, 0.25) is 0 Å². The van der Waals surface area contributed by atoms with Crippen LogP contribution < -0.4 is 9.44 Å². The van der Waals surface area contributed by atoms with Gasteiger partial charge in [0.05, 0.1) is 0 Å². The second kappa shape index (κ2) is 11.8. The lowest BCUT2D eigenvalue weighted by molar-refractivity contribution is -0.0457. The van der Waals surface area contributed by atoms with E-state index in [1.54, 1.807) is 46.7 Å². The molecule has 0 heterocycles. The van der Waals surface area contributed by atoms with Gasteiger partial charge in [-0.25, -0.2) is 26.3 Å². The van der Waals surface area contributed by atoms with Crippen molar-refractivity contribution in [1.29, 1.82) is 0 Å². The van der Waals surface area contributed by atoms with Crippen molar-refractivity contribution in [3.8, 4) is 0 Å². The molecule has 35 heavy (non-hydrogen) atoms. The largest absolute Gasteiger partial charge is 0.511 e. The first-order valence-corrected chi connectivity index (χ1v) is 13.6. The molecular weight excluding hydrogens is 524 g/mol. The minimum atomic E-state index is -5.71. The maximum atomic E-state index is 13.0. The topological polar surface area (TPSA) is 95.6 Å². The minimum Gasteiger partial charge on any atom is -0.293 e. The SMILES string of the molecule is CC(C)[C@@H](CN(C[C@@H](NS(=O)(=O)C(F)(F)F)C(C)C)[C@@H](C)c1ccccc1)NS(=O)(=O)C(F)(F)F. The van der Waals surface area contributed by atoms with Gasteiger partial charge in [0, 0.05) is 31.2 Å². The zero-order valence-corrected chi connectivity index (χ0v) is 21.5. The van der Waals surface area contributed by atoms with Gasteiger partial charge >= 0.3 is 31.1 Å². The molecule has 0 saturated heterocycles. The number of halogens is 6. The average molecular weight is 556 g/mol. The van der Waals surface area contributed by atoms with Crippen molar-refractivity contribution in [3.05, 3.63) is 35.9 Å². The second-order valence-electron chi connectivity index (χ2n) is 8.88. The predicted octanol–water partition coefficient (Wildman–Crippen LogP) is 3.98. The molecule has 0 aliphatic carbocycles. The van der Waals surface area contributed by atoms with Gasteiger partial charge in [-0.1, -0.05) is 58.0 Å². The number of nitrogens with zero attached hydrogens (tertiary/aromatic N) is 1. The summed E-state index contributed by atoms with van der Waals surface area (Å²) in [5, 5.41) is 0. The molecule has 0 spiro atoms. The highest BCUT2D eigenvalue weighted by Crippen LogP contribution is 2.27. The Hall–Kier alpha value is -1.42. The smallest absolute Gasteiger partial charge is 0.293 e. The molecule has 1 aromatic carbocycles. The predicted molar refractivity (Wildman–Crippen MR) is 120 cm³/mol. The molecule has 204 valence electrons. The zero-order valence-electron chi connectivity index (χ0n) is 19.9. The fraction of sp³-hybridized carbons (Fsp3) is 0.700. The van der Waals surface area contributed by atoms with E-state index in [2.05, 4.69) is 0 Å². The summed E-state index contributed by atoms with van der Waals surface area (Å²) < 4.78 is 128. The van der Waals surface area contributed by atoms with Crippen LogP contribution in [0, 0.1) is 11.8 Å². The molecule has 0 fully saturated rings. The second-order valence-corrected chi connectivity index (χ2v) is 12.3. The maximum absolute atomic E-state index is 13.0. The van der Waals surface area contributed by atoms with Crippen molar-refractivity contribution in [2.24, 2.45) is 11.8 Å². The van der Waals surface area contributed by atoms with E-state index in [-0.39, 0.29) is 13.1 Å². The first-order valence-electron chi connectivity index (χ1n) is 10.7. The van der Waals surface area contributed by atoms with Gasteiger partial charge in [0.1, 0.15) is 0 Å². The van der Waals surface area contributed by atoms with Crippen LogP contribution in [-0.4, -0.2) is 57.9 Å². The standard InChI is InChI=1S/C20H31F6N3O4S2/c1-13(2)17(27-34(30,31)19(21,22)23)11-29(15(5)16-9-7-6-8-10-16)12-18(14(3)4)28-35(32,33)20(24,25)26/h6-10,13-15,17-18,27-28H,11-12H2,1-5H3/t15-,17+,18+/m0/s1. The summed E-state index contributed by atoms with van der Waals surface area (Å²) in [6, 6.07) is 5.29. The molecular formula is C20H31F6N3O4S2. The summed E-state index contributed by atoms with van der Waals surface area (Å²) in [7, 11) is -11.4. The lowest BCUT2D eigenvalue weighted by Gasteiger charge is -2.38. The van der Waals surface area contributed by atoms with E-state index in [4.69, 9.17) is 0 Å². The number of rotatable bonds is 12. The third-order valence-electron chi connectivity index (χ3n) is 5.52. The van der Waals surface area contributed by atoms with E-state index in [0.29, 0.717) is 5.56 Å². The molecule has 0 unspecified atom stereocenters. The Morgan fingerprint density at radius 2 is 1.06 bits per heavy atom. The normalized spacial score (nSPS) is 16.6. The van der Waals surface area contributed by atoms with E-state index in [9.17, 15) is 43.2 Å². The Kier molecular flexibility index (Phi) is 10.6. The first-order chi connectivity index (χ1) is 15.7. The van der Waals surface area contributed by atoms with Gasteiger partial charge in [-0.05, 0) is 24.3 Å². The quantitative estimate of drug-likeness (QED) is 0.381. The van der Waals surface area contributed by atoms with E-state index in [0.717, 1.165) is 0 Å². The van der Waals surface area contributed by atoms with E-state index in [1.165, 1.54) is 32.6 Å². The van der Waals surface area contributed by atoms with E-state index >= 15 is 0 Å². The molecule has 15 heteroatoms. The van der Waals surface area contributed by atoms with E-state index in [1.807, 2.05) is 0 Å². The summed E-state index contributed by atoms with van der Waals surface area (Å²) in [6.07, 6.45) is 0. The maximum Gasteiger partial charge on any atom is 0.511 e. The van der Waals surface area contributed by atoms with Crippen molar-refractivity contribution in [2.45, 2.75) is 63.8 Å². The van der Waals surface area contributed by atoms with Gasteiger partial charge < -0.3 is 0 Å². The lowest BCUT2D eigenvalue weighted by atomic mass is 9.99. The Morgan fingerprint density at radius 3 is 1.34 bits per heavy atom. The van der Waals surface area contributed by atoms with Crippen molar-refractivity contribution in [1.82, 2.24) is 14.3 Å². The van der Waals surface area contributed by atoms with Crippen molar-refractivity contribution in [2.75, 3.05) is 13.1 Å². The van der Waals surface area contributed by atoms with Crippen LogP contribution in [0.4, 0.5) is 26.3 Å². The van der Waals surface area contributed by atoms with Crippen molar-refractivity contribution < 1.29 is 43.2 Å². The van der Waals surface area contributed by atoms with Gasteiger partial charge in [-0.2, -0.15) is 26.3 Å². The number of benzene rings is 1. The third-order valence-corrected chi connectivity index (χ3v) is 7.97. The number of alkyl halides is 6. The molecule has 1 aromatic rings. The highest BCUT2D eigenvalue weighted by atomic mass is 32.2. The Labute approximate surface area is 202 Å². The van der Waals surface area contributed by atoms with Gasteiger partial charge in [0.15, 0.2) is 0 Å². The lowest BCUT2D eigenvalue weighted by Crippen LogP contribution is -2.54. The monoisotopic (exact) mass is 555 g/mol. The summed E-state index contributed by atoms with van der Waals surface area (Å²) in [6.45, 7) is 6.92. The highest BCUT2D eigenvalue weighted by Gasteiger charge is 2.48. The van der Waals surface area contributed by atoms with Crippen LogP contribution in [-0.2, 0) is 20.0 Å². The number of nitrogens with one attached hydrogen (secondary N) is 2. The van der Waals surface area contributed by atoms with Crippen LogP contribution in [0.15, 0.2) is 30.3 Å². The molecule has 0 saturated carbocycles. The van der Waals surface area contributed by atoms with Gasteiger partial charge in [-0.15, -0.1) is 0 Å². The Bertz CT molecular complexity index is 954. The van der Waals surface area contributed by atoms with E-state index < -0.39 is 61.0 Å². The molecule has 1 rings (SSSR count). The Morgan fingerprint density at radius 1 is 0.714 bits per heavy atom. The highest BCUT2D eigenvalue weighted by molar-refractivity contribution is 7.90. The molecule has 0 aliphatic rings. The summed E-state index contributed by atoms with van der Waals surface area (Å²) >= 11 is 0. The molecule has 2 N–H and O–H groups in total. The third kappa shape index (κ3) is 8.88. The molecule has 0 aliphatic heterocycles. The molecule has 0 bridgehead atoms. The minimum absolute atomic E-state index is 0.333. The molecule has 3 atom stereocenters. The summed E-state index contributed by atoms with van der Waals surface area (Å²) in [4.78, 5) is 1.46. The zero-order chi connectivity index (χ0) is 27.4. The Balaban J connectivity index is 3.39. The molecule has 0 radical (unpaired) electrons. The first kappa shape index (κ1) is 31.6. The van der Waals surface area contributed by atoms with Crippen LogP contribution in [0.25, 0.3) is 0 Å². The summed E-state index contributed by atoms with van der Waals surface area (Å²) in [5.74, 6) is -1.27. The van der Waals surface area contributed by atoms with Crippen molar-refractivity contribution in [3.63, 3.8) is 0 Å². The number of hydrogen-bond donors (Lipinski definition) is 2. The van der Waals surface area contributed by atoms with Crippen LogP contribution in [0.1, 0.15) is 46.2 Å². The van der Waals surface area contributed by atoms with Crippen LogP contribution in [0.2, 0.25) is 0 Å². The number of sulfonamides is 2. The molecule has 7 nitrogen and oxygen atoms in total. The number of hydrogen-bond acceptors (Lipinski definition) is 5. The fourth-order valence-electron chi connectivity index (χ4n) is 3.14. The fourth-order valence-corrected chi connectivity index (χ4v) is 4.90. The van der Waals surface area contributed by atoms with Crippen LogP contribution >= 0.6 is 0 Å². The molecule has 0 aromatic heterocycles. The average Bonchev–Trinajstić information content (AvgIpc) is 2.69. The van der Waals surface area contributed by atoms with Crippen molar-refractivity contribution >= 4 is 20.0 Å². The van der Waals surface area contributed by atoms with Crippen LogP contribution in [0.5, 0.6) is 0 Å². The van der Waals surface area contributed by atoms with Crippen LogP contribution in [0.3, 0.4) is 0 Å². The summed E-state index contributed by atoms with van der Waals surface area (Å²) in [5.41, 5.74) is -10.5. The van der Waals surface area contributed by atoms with Gasteiger partial charge in [-0.3, -0.25) is 4.90 Å². The van der Waals surface area contributed by atoms with Gasteiger partial charge in [0.25, 0.3) is 0 Å². The molecule has 0 amide bonds.